The van der Waals surface area contributed by atoms with E-state index in [4.69, 9.17) is 5.73 Å². The van der Waals surface area contributed by atoms with Gasteiger partial charge in [0, 0.05) is 12.1 Å². The summed E-state index contributed by atoms with van der Waals surface area (Å²) in [5.74, 6) is 1.38. The van der Waals surface area contributed by atoms with Gasteiger partial charge in [0.1, 0.15) is 18.0 Å². The van der Waals surface area contributed by atoms with E-state index in [0.717, 1.165) is 5.82 Å². The van der Waals surface area contributed by atoms with Gasteiger partial charge in [-0.3, -0.25) is 0 Å². The number of nitrogens with two attached hydrogens (primary N) is 1. The van der Waals surface area contributed by atoms with E-state index < -0.39 is 0 Å². The molecule has 1 aromatic rings. The molecule has 0 spiro atoms. The molecule has 0 aromatic carbocycles. The minimum Gasteiger partial charge on any atom is -0.384 e. The van der Waals surface area contributed by atoms with Gasteiger partial charge in [-0.15, -0.1) is 0 Å². The Kier molecular flexibility index (Phi) is 3.37. The molecule has 1 aliphatic rings. The molecule has 1 heterocycles. The highest BCUT2D eigenvalue weighted by Crippen LogP contribution is 2.20. The number of nitrogen functional groups attached to an aromatic ring is 1. The number of anilines is 2. The van der Waals surface area contributed by atoms with Crippen molar-refractivity contribution >= 4 is 11.6 Å². The summed E-state index contributed by atoms with van der Waals surface area (Å²) in [4.78, 5) is 8.04. The van der Waals surface area contributed by atoms with Gasteiger partial charge in [-0.25, -0.2) is 9.97 Å². The fourth-order valence-electron chi connectivity index (χ4n) is 2.08. The lowest BCUT2D eigenvalue weighted by Crippen LogP contribution is -2.19. The van der Waals surface area contributed by atoms with E-state index in [2.05, 4.69) is 15.3 Å². The predicted molar refractivity (Wildman–Crippen MR) is 61.6 cm³/mol. The van der Waals surface area contributed by atoms with Gasteiger partial charge in [-0.05, 0) is 12.8 Å². The molecule has 3 N–H and O–H groups in total. The van der Waals surface area contributed by atoms with Crippen LogP contribution in [0.5, 0.6) is 0 Å². The van der Waals surface area contributed by atoms with Crippen molar-refractivity contribution in [1.82, 2.24) is 9.97 Å². The molecule has 0 bridgehead atoms. The van der Waals surface area contributed by atoms with Crippen molar-refractivity contribution in [3.63, 3.8) is 0 Å². The summed E-state index contributed by atoms with van der Waals surface area (Å²) in [6.07, 6.45) is 9.35. The van der Waals surface area contributed by atoms with E-state index >= 15 is 0 Å². The maximum Gasteiger partial charge on any atom is 0.131 e. The quantitative estimate of drug-likeness (QED) is 0.728. The zero-order valence-electron chi connectivity index (χ0n) is 8.95. The van der Waals surface area contributed by atoms with Gasteiger partial charge in [0.25, 0.3) is 0 Å². The third-order valence-electron chi connectivity index (χ3n) is 2.90. The Hall–Kier alpha value is -1.32. The zero-order chi connectivity index (χ0) is 10.5. The van der Waals surface area contributed by atoms with Crippen LogP contribution in [0.1, 0.15) is 38.5 Å². The van der Waals surface area contributed by atoms with Crippen LogP contribution in [0, 0.1) is 0 Å². The van der Waals surface area contributed by atoms with Crippen molar-refractivity contribution in [3.05, 3.63) is 12.4 Å². The highest BCUT2D eigenvalue weighted by molar-refractivity contribution is 5.43. The Morgan fingerprint density at radius 1 is 1.13 bits per heavy atom. The van der Waals surface area contributed by atoms with Crippen LogP contribution in [0.25, 0.3) is 0 Å². The average Bonchev–Trinajstić information content (AvgIpc) is 2.46. The van der Waals surface area contributed by atoms with Gasteiger partial charge in [-0.2, -0.15) is 0 Å². The molecule has 1 aromatic heterocycles. The molecular formula is C11H18N4. The van der Waals surface area contributed by atoms with Crippen LogP contribution < -0.4 is 11.1 Å². The third kappa shape index (κ3) is 3.08. The molecule has 1 aliphatic carbocycles. The van der Waals surface area contributed by atoms with Crippen molar-refractivity contribution in [2.45, 2.75) is 44.6 Å². The first-order valence-electron chi connectivity index (χ1n) is 5.68. The van der Waals surface area contributed by atoms with E-state index in [1.807, 2.05) is 0 Å². The largest absolute Gasteiger partial charge is 0.384 e. The van der Waals surface area contributed by atoms with Crippen LogP contribution in [0.2, 0.25) is 0 Å². The number of hydrogen-bond donors (Lipinski definition) is 2. The zero-order valence-corrected chi connectivity index (χ0v) is 8.95. The minimum absolute atomic E-state index is 0.529. The second-order valence-electron chi connectivity index (χ2n) is 4.16. The van der Waals surface area contributed by atoms with E-state index in [9.17, 15) is 0 Å². The fourth-order valence-corrected chi connectivity index (χ4v) is 2.08. The number of rotatable bonds is 2. The van der Waals surface area contributed by atoms with E-state index in [1.54, 1.807) is 6.07 Å². The smallest absolute Gasteiger partial charge is 0.131 e. The SMILES string of the molecule is Nc1cc(NC2CCCCCC2)ncn1. The van der Waals surface area contributed by atoms with Crippen molar-refractivity contribution in [2.24, 2.45) is 0 Å². The second kappa shape index (κ2) is 4.96. The van der Waals surface area contributed by atoms with E-state index in [0.29, 0.717) is 11.9 Å². The number of hydrogen-bond acceptors (Lipinski definition) is 4. The summed E-state index contributed by atoms with van der Waals surface area (Å²) < 4.78 is 0. The van der Waals surface area contributed by atoms with Gasteiger partial charge >= 0.3 is 0 Å². The molecular weight excluding hydrogens is 188 g/mol. The van der Waals surface area contributed by atoms with E-state index in [1.165, 1.54) is 44.9 Å². The molecule has 1 fully saturated rings. The Balaban J connectivity index is 1.95. The molecule has 0 amide bonds. The van der Waals surface area contributed by atoms with Crippen molar-refractivity contribution in [2.75, 3.05) is 11.1 Å². The first kappa shape index (κ1) is 10.2. The Morgan fingerprint density at radius 2 is 1.87 bits per heavy atom. The topological polar surface area (TPSA) is 63.8 Å². The van der Waals surface area contributed by atoms with Gasteiger partial charge < -0.3 is 11.1 Å². The molecule has 15 heavy (non-hydrogen) atoms. The number of nitrogens with zero attached hydrogens (tertiary/aromatic N) is 2. The molecule has 82 valence electrons. The summed E-state index contributed by atoms with van der Waals surface area (Å²) in [6.45, 7) is 0. The Bertz CT molecular complexity index is 305. The predicted octanol–water partition coefficient (Wildman–Crippen LogP) is 2.19. The second-order valence-corrected chi connectivity index (χ2v) is 4.16. The normalized spacial score (nSPS) is 18.4. The third-order valence-corrected chi connectivity index (χ3v) is 2.90. The molecule has 0 unspecified atom stereocenters. The van der Waals surface area contributed by atoms with Crippen LogP contribution in [0.3, 0.4) is 0 Å². The molecule has 1 saturated carbocycles. The lowest BCUT2D eigenvalue weighted by Gasteiger charge is -2.16. The Labute approximate surface area is 90.3 Å². The molecule has 0 saturated heterocycles. The fraction of sp³-hybridized carbons (Fsp3) is 0.636. The molecule has 0 radical (unpaired) electrons. The maximum absolute atomic E-state index is 5.60. The minimum atomic E-state index is 0.529. The lowest BCUT2D eigenvalue weighted by atomic mass is 10.1. The van der Waals surface area contributed by atoms with Gasteiger partial charge in [0.05, 0.1) is 0 Å². The summed E-state index contributed by atoms with van der Waals surface area (Å²) >= 11 is 0. The summed E-state index contributed by atoms with van der Waals surface area (Å²) in [5.41, 5.74) is 5.60. The van der Waals surface area contributed by atoms with Gasteiger partial charge in [0.2, 0.25) is 0 Å². The lowest BCUT2D eigenvalue weighted by molar-refractivity contribution is 0.617. The van der Waals surface area contributed by atoms with Crippen LogP contribution >= 0.6 is 0 Å². The van der Waals surface area contributed by atoms with Crippen LogP contribution in [-0.2, 0) is 0 Å². The van der Waals surface area contributed by atoms with Gasteiger partial charge in [-0.1, -0.05) is 25.7 Å². The number of aromatic nitrogens is 2. The van der Waals surface area contributed by atoms with E-state index in [-0.39, 0.29) is 0 Å². The van der Waals surface area contributed by atoms with Crippen LogP contribution in [0.4, 0.5) is 11.6 Å². The molecule has 0 atom stereocenters. The van der Waals surface area contributed by atoms with Crippen LogP contribution in [0.15, 0.2) is 12.4 Å². The Morgan fingerprint density at radius 3 is 2.53 bits per heavy atom. The van der Waals surface area contributed by atoms with Gasteiger partial charge in [0.15, 0.2) is 0 Å². The van der Waals surface area contributed by atoms with Crippen molar-refractivity contribution < 1.29 is 0 Å². The molecule has 2 rings (SSSR count). The molecule has 4 heteroatoms. The number of nitrogens with one attached hydrogen (secondary N) is 1. The summed E-state index contributed by atoms with van der Waals surface area (Å²) in [7, 11) is 0. The summed E-state index contributed by atoms with van der Waals surface area (Å²) in [5, 5.41) is 3.43. The highest BCUT2D eigenvalue weighted by Gasteiger charge is 2.12. The molecule has 4 nitrogen and oxygen atoms in total. The van der Waals surface area contributed by atoms with Crippen LogP contribution in [-0.4, -0.2) is 16.0 Å². The maximum atomic E-state index is 5.60. The standard InChI is InChI=1S/C11H18N4/c12-10-7-11(14-8-13-10)15-9-5-3-1-2-4-6-9/h7-9H,1-6H2,(H3,12,13,14,15). The summed E-state index contributed by atoms with van der Waals surface area (Å²) in [6, 6.07) is 2.35. The first-order valence-corrected chi connectivity index (χ1v) is 5.68. The molecule has 0 aliphatic heterocycles. The monoisotopic (exact) mass is 206 g/mol. The average molecular weight is 206 g/mol. The first-order chi connectivity index (χ1) is 7.34. The van der Waals surface area contributed by atoms with Crippen molar-refractivity contribution in [1.29, 1.82) is 0 Å². The highest BCUT2D eigenvalue weighted by atomic mass is 15.0. The van der Waals surface area contributed by atoms with Crippen molar-refractivity contribution in [3.8, 4) is 0 Å².